The molecule has 0 amide bonds. The van der Waals surface area contributed by atoms with Gasteiger partial charge in [0.05, 0.1) is 12.8 Å². The van der Waals surface area contributed by atoms with E-state index >= 15 is 0 Å². The third kappa shape index (κ3) is 3.10. The summed E-state index contributed by atoms with van der Waals surface area (Å²) in [6, 6.07) is 19.8. The lowest BCUT2D eigenvalue weighted by atomic mass is 10.0. The Kier molecular flexibility index (Phi) is 4.35. The molecular formula is C18H15ClN2O. The van der Waals surface area contributed by atoms with Gasteiger partial charge in [-0.25, -0.2) is 0 Å². The van der Waals surface area contributed by atoms with Crippen LogP contribution in [0.4, 0.5) is 0 Å². The van der Waals surface area contributed by atoms with Crippen LogP contribution in [0.5, 0.6) is 5.75 Å². The lowest BCUT2D eigenvalue weighted by molar-refractivity contribution is 0.410. The Labute approximate surface area is 134 Å². The highest BCUT2D eigenvalue weighted by molar-refractivity contribution is 6.30. The number of hydrogen-bond acceptors (Lipinski definition) is 3. The first-order chi connectivity index (χ1) is 10.8. The third-order valence-electron chi connectivity index (χ3n) is 3.46. The third-order valence-corrected chi connectivity index (χ3v) is 3.78. The van der Waals surface area contributed by atoms with Crippen molar-refractivity contribution in [3.8, 4) is 17.0 Å². The van der Waals surface area contributed by atoms with Gasteiger partial charge in [-0.3, -0.25) is 0 Å². The molecular weight excluding hydrogens is 296 g/mol. The summed E-state index contributed by atoms with van der Waals surface area (Å²) in [4.78, 5) is 0. The highest BCUT2D eigenvalue weighted by Crippen LogP contribution is 2.26. The van der Waals surface area contributed by atoms with Crippen LogP contribution in [0.1, 0.15) is 11.1 Å². The first kappa shape index (κ1) is 14.5. The zero-order chi connectivity index (χ0) is 15.4. The first-order valence-electron chi connectivity index (χ1n) is 6.97. The van der Waals surface area contributed by atoms with Gasteiger partial charge in [0.25, 0.3) is 0 Å². The van der Waals surface area contributed by atoms with Crippen LogP contribution in [0.25, 0.3) is 11.3 Å². The standard InChI is InChI=1S/C18H15ClN2O/c1-22-17-10-6-5-9-14(17)11-15-12-16(20-21-18(15)19)13-7-3-2-4-8-13/h2-10,12H,11H2,1H3. The Morgan fingerprint density at radius 2 is 1.64 bits per heavy atom. The van der Waals surface area contributed by atoms with E-state index in [-0.39, 0.29) is 0 Å². The Hall–Kier alpha value is -2.39. The van der Waals surface area contributed by atoms with E-state index < -0.39 is 0 Å². The highest BCUT2D eigenvalue weighted by atomic mass is 35.5. The average molecular weight is 311 g/mol. The molecule has 0 bridgehead atoms. The summed E-state index contributed by atoms with van der Waals surface area (Å²) in [6.45, 7) is 0. The van der Waals surface area contributed by atoms with Crippen molar-refractivity contribution in [2.24, 2.45) is 0 Å². The molecule has 0 saturated carbocycles. The number of ether oxygens (including phenoxy) is 1. The predicted octanol–water partition coefficient (Wildman–Crippen LogP) is 4.40. The highest BCUT2D eigenvalue weighted by Gasteiger charge is 2.10. The van der Waals surface area contributed by atoms with Crippen LogP contribution in [-0.2, 0) is 6.42 Å². The van der Waals surface area contributed by atoms with E-state index in [1.165, 1.54) is 0 Å². The summed E-state index contributed by atoms with van der Waals surface area (Å²) in [6.07, 6.45) is 0.651. The number of methoxy groups -OCH3 is 1. The quantitative estimate of drug-likeness (QED) is 0.716. The zero-order valence-corrected chi connectivity index (χ0v) is 12.9. The van der Waals surface area contributed by atoms with Gasteiger partial charge in [-0.1, -0.05) is 60.1 Å². The molecule has 0 unspecified atom stereocenters. The normalized spacial score (nSPS) is 10.5. The van der Waals surface area contributed by atoms with Gasteiger partial charge in [-0.05, 0) is 23.3 Å². The minimum Gasteiger partial charge on any atom is -0.496 e. The molecule has 0 aliphatic carbocycles. The molecule has 0 aliphatic rings. The maximum Gasteiger partial charge on any atom is 0.155 e. The topological polar surface area (TPSA) is 35.0 Å². The summed E-state index contributed by atoms with van der Waals surface area (Å²) in [7, 11) is 1.67. The van der Waals surface area contributed by atoms with E-state index in [0.717, 1.165) is 28.1 Å². The van der Waals surface area contributed by atoms with Crippen molar-refractivity contribution < 1.29 is 4.74 Å². The lowest BCUT2D eigenvalue weighted by Crippen LogP contribution is -1.98. The van der Waals surface area contributed by atoms with Gasteiger partial charge in [0.1, 0.15) is 5.75 Å². The van der Waals surface area contributed by atoms with Crippen molar-refractivity contribution in [3.63, 3.8) is 0 Å². The lowest BCUT2D eigenvalue weighted by Gasteiger charge is -2.10. The van der Waals surface area contributed by atoms with Gasteiger partial charge >= 0.3 is 0 Å². The summed E-state index contributed by atoms with van der Waals surface area (Å²) >= 11 is 6.21. The SMILES string of the molecule is COc1ccccc1Cc1cc(-c2ccccc2)nnc1Cl. The second-order valence-electron chi connectivity index (χ2n) is 4.90. The van der Waals surface area contributed by atoms with E-state index in [1.54, 1.807) is 7.11 Å². The van der Waals surface area contributed by atoms with Crippen LogP contribution in [0.15, 0.2) is 60.7 Å². The van der Waals surface area contributed by atoms with E-state index in [1.807, 2.05) is 60.7 Å². The van der Waals surface area contributed by atoms with Crippen LogP contribution in [0.2, 0.25) is 5.15 Å². The van der Waals surface area contributed by atoms with Crippen molar-refractivity contribution in [1.29, 1.82) is 0 Å². The van der Waals surface area contributed by atoms with Gasteiger partial charge in [0, 0.05) is 12.0 Å². The monoisotopic (exact) mass is 310 g/mol. The molecule has 1 aromatic heterocycles. The average Bonchev–Trinajstić information content (AvgIpc) is 2.58. The van der Waals surface area contributed by atoms with Crippen molar-refractivity contribution in [2.45, 2.75) is 6.42 Å². The van der Waals surface area contributed by atoms with Crippen LogP contribution < -0.4 is 4.74 Å². The van der Waals surface area contributed by atoms with E-state index in [4.69, 9.17) is 16.3 Å². The van der Waals surface area contributed by atoms with Crippen molar-refractivity contribution in [3.05, 3.63) is 76.9 Å². The van der Waals surface area contributed by atoms with Crippen LogP contribution in [0, 0.1) is 0 Å². The maximum atomic E-state index is 6.21. The minimum absolute atomic E-state index is 0.422. The molecule has 3 rings (SSSR count). The Bertz CT molecular complexity index is 775. The minimum atomic E-state index is 0.422. The van der Waals surface area contributed by atoms with Crippen molar-refractivity contribution in [2.75, 3.05) is 7.11 Å². The van der Waals surface area contributed by atoms with E-state index in [9.17, 15) is 0 Å². The number of aromatic nitrogens is 2. The molecule has 4 heteroatoms. The summed E-state index contributed by atoms with van der Waals surface area (Å²) < 4.78 is 5.39. The van der Waals surface area contributed by atoms with Gasteiger partial charge in [0.15, 0.2) is 5.15 Å². The number of benzene rings is 2. The molecule has 0 fully saturated rings. The fraction of sp³-hybridized carbons (Fsp3) is 0.111. The summed E-state index contributed by atoms with van der Waals surface area (Å²) in [5, 5.41) is 8.68. The smallest absolute Gasteiger partial charge is 0.155 e. The van der Waals surface area contributed by atoms with Gasteiger partial charge in [-0.2, -0.15) is 0 Å². The Morgan fingerprint density at radius 3 is 2.41 bits per heavy atom. The number of rotatable bonds is 4. The number of para-hydroxylation sites is 1. The van der Waals surface area contributed by atoms with E-state index in [2.05, 4.69) is 10.2 Å². The molecule has 3 aromatic rings. The first-order valence-corrected chi connectivity index (χ1v) is 7.35. The molecule has 0 atom stereocenters. The van der Waals surface area contributed by atoms with Crippen LogP contribution in [0.3, 0.4) is 0 Å². The fourth-order valence-electron chi connectivity index (χ4n) is 2.34. The van der Waals surface area contributed by atoms with E-state index in [0.29, 0.717) is 11.6 Å². The number of halogens is 1. The molecule has 0 radical (unpaired) electrons. The van der Waals surface area contributed by atoms with Crippen molar-refractivity contribution in [1.82, 2.24) is 10.2 Å². The van der Waals surface area contributed by atoms with Crippen molar-refractivity contribution >= 4 is 11.6 Å². The molecule has 22 heavy (non-hydrogen) atoms. The molecule has 0 spiro atoms. The second-order valence-corrected chi connectivity index (χ2v) is 5.26. The Balaban J connectivity index is 1.97. The van der Waals surface area contributed by atoms with Crippen LogP contribution >= 0.6 is 11.6 Å². The number of nitrogens with zero attached hydrogens (tertiary/aromatic N) is 2. The van der Waals surface area contributed by atoms with Gasteiger partial charge < -0.3 is 4.74 Å². The summed E-state index contributed by atoms with van der Waals surface area (Å²) in [5.74, 6) is 0.844. The zero-order valence-electron chi connectivity index (χ0n) is 12.2. The Morgan fingerprint density at radius 1 is 0.909 bits per heavy atom. The largest absolute Gasteiger partial charge is 0.496 e. The molecule has 0 N–H and O–H groups in total. The second kappa shape index (κ2) is 6.58. The molecule has 3 nitrogen and oxygen atoms in total. The van der Waals surface area contributed by atoms with Crippen LogP contribution in [-0.4, -0.2) is 17.3 Å². The molecule has 0 saturated heterocycles. The molecule has 1 heterocycles. The molecule has 0 aliphatic heterocycles. The predicted molar refractivity (Wildman–Crippen MR) is 88.3 cm³/mol. The fourth-order valence-corrected chi connectivity index (χ4v) is 2.50. The number of hydrogen-bond donors (Lipinski definition) is 0. The van der Waals surface area contributed by atoms with Gasteiger partial charge in [-0.15, -0.1) is 10.2 Å². The molecule has 2 aromatic carbocycles. The summed E-state index contributed by atoms with van der Waals surface area (Å²) in [5.41, 5.74) is 3.83. The molecule has 110 valence electrons. The van der Waals surface area contributed by atoms with Gasteiger partial charge in [0.2, 0.25) is 0 Å². The maximum absolute atomic E-state index is 6.21.